The van der Waals surface area contributed by atoms with E-state index < -0.39 is 5.97 Å². The molecule has 1 aliphatic heterocycles. The number of carbonyl (C=O) groups is 2. The van der Waals surface area contributed by atoms with Crippen molar-refractivity contribution in [1.82, 2.24) is 4.90 Å². The maximum Gasteiger partial charge on any atom is 0.328 e. The lowest BCUT2D eigenvalue weighted by Crippen LogP contribution is -2.39. The zero-order valence-electron chi connectivity index (χ0n) is 10.8. The van der Waals surface area contributed by atoms with Gasteiger partial charge in [0, 0.05) is 23.4 Å². The smallest absolute Gasteiger partial charge is 0.328 e. The van der Waals surface area contributed by atoms with Crippen LogP contribution in [0.25, 0.3) is 6.08 Å². The molecule has 102 valence electrons. The minimum absolute atomic E-state index is 0.103. The van der Waals surface area contributed by atoms with E-state index in [0.717, 1.165) is 35.9 Å². The number of aliphatic carboxylic acids is 1. The van der Waals surface area contributed by atoms with Crippen molar-refractivity contribution in [3.05, 3.63) is 28.0 Å². The molecular formula is C14H17NO3S. The standard InChI is InChI=1S/C14H17NO3S/c1-10-3-2-7-15(14(10)18)9-12-11(6-8-19-12)4-5-13(16)17/h4-6,8,10H,2-3,7,9H2,1H3,(H,16,17)/b5-4+. The molecule has 0 aliphatic carbocycles. The van der Waals surface area contributed by atoms with Gasteiger partial charge in [-0.05, 0) is 35.9 Å². The molecule has 4 nitrogen and oxygen atoms in total. The SMILES string of the molecule is CC1CCCN(Cc2sccc2/C=C/C(=O)O)C1=O. The summed E-state index contributed by atoms with van der Waals surface area (Å²) in [4.78, 5) is 25.5. The normalized spacial score (nSPS) is 20.2. The van der Waals surface area contributed by atoms with Crippen LogP contribution in [0.2, 0.25) is 0 Å². The van der Waals surface area contributed by atoms with Gasteiger partial charge >= 0.3 is 5.97 Å². The maximum absolute atomic E-state index is 12.0. The van der Waals surface area contributed by atoms with Gasteiger partial charge < -0.3 is 10.0 Å². The number of rotatable bonds is 4. The largest absolute Gasteiger partial charge is 0.478 e. The maximum atomic E-state index is 12.0. The highest BCUT2D eigenvalue weighted by Gasteiger charge is 2.25. The summed E-state index contributed by atoms with van der Waals surface area (Å²) in [7, 11) is 0. The Balaban J connectivity index is 2.09. The molecule has 1 aromatic rings. The highest BCUT2D eigenvalue weighted by atomic mass is 32.1. The molecule has 0 saturated carbocycles. The predicted molar refractivity (Wildman–Crippen MR) is 74.8 cm³/mol. The van der Waals surface area contributed by atoms with Crippen molar-refractivity contribution < 1.29 is 14.7 Å². The van der Waals surface area contributed by atoms with Gasteiger partial charge in [0.1, 0.15) is 0 Å². The predicted octanol–water partition coefficient (Wildman–Crippen LogP) is 2.60. The first-order chi connectivity index (χ1) is 9.08. The summed E-state index contributed by atoms with van der Waals surface area (Å²) in [6, 6.07) is 1.89. The van der Waals surface area contributed by atoms with E-state index in [-0.39, 0.29) is 11.8 Å². The number of carbonyl (C=O) groups excluding carboxylic acids is 1. The van der Waals surface area contributed by atoms with E-state index in [9.17, 15) is 9.59 Å². The summed E-state index contributed by atoms with van der Waals surface area (Å²) in [5, 5.41) is 10.6. The summed E-state index contributed by atoms with van der Waals surface area (Å²) in [6.45, 7) is 3.34. The van der Waals surface area contributed by atoms with E-state index in [1.54, 1.807) is 17.4 Å². The number of thiophene rings is 1. The third-order valence-electron chi connectivity index (χ3n) is 3.32. The molecule has 0 aromatic carbocycles. The minimum atomic E-state index is -0.958. The molecule has 1 saturated heterocycles. The average Bonchev–Trinajstić information content (AvgIpc) is 2.80. The molecule has 0 bridgehead atoms. The van der Waals surface area contributed by atoms with Crippen LogP contribution >= 0.6 is 11.3 Å². The molecule has 19 heavy (non-hydrogen) atoms. The minimum Gasteiger partial charge on any atom is -0.478 e. The lowest BCUT2D eigenvalue weighted by molar-refractivity contribution is -0.138. The number of amides is 1. The molecular weight excluding hydrogens is 262 g/mol. The molecule has 1 fully saturated rings. The lowest BCUT2D eigenvalue weighted by Gasteiger charge is -2.30. The highest BCUT2D eigenvalue weighted by Crippen LogP contribution is 2.24. The van der Waals surface area contributed by atoms with E-state index in [2.05, 4.69) is 0 Å². The third-order valence-corrected chi connectivity index (χ3v) is 4.24. The van der Waals surface area contributed by atoms with E-state index in [1.807, 2.05) is 23.3 Å². The number of carboxylic acids is 1. The zero-order valence-corrected chi connectivity index (χ0v) is 11.7. The number of piperidine rings is 1. The van der Waals surface area contributed by atoms with Crippen molar-refractivity contribution in [1.29, 1.82) is 0 Å². The van der Waals surface area contributed by atoms with Crippen LogP contribution in [0, 0.1) is 5.92 Å². The Morgan fingerprint density at radius 1 is 1.63 bits per heavy atom. The van der Waals surface area contributed by atoms with Crippen LogP contribution in [0.1, 0.15) is 30.2 Å². The molecule has 2 heterocycles. The molecule has 1 unspecified atom stereocenters. The summed E-state index contributed by atoms with van der Waals surface area (Å²) in [5.41, 5.74) is 0.887. The molecule has 2 rings (SSSR count). The van der Waals surface area contributed by atoms with E-state index in [4.69, 9.17) is 5.11 Å². The fourth-order valence-corrected chi connectivity index (χ4v) is 3.13. The van der Waals surface area contributed by atoms with E-state index in [1.165, 1.54) is 0 Å². The van der Waals surface area contributed by atoms with Crippen LogP contribution < -0.4 is 0 Å². The molecule has 1 amide bonds. The van der Waals surface area contributed by atoms with Crippen molar-refractivity contribution in [2.45, 2.75) is 26.3 Å². The summed E-state index contributed by atoms with van der Waals surface area (Å²) in [6.07, 6.45) is 4.72. The highest BCUT2D eigenvalue weighted by molar-refractivity contribution is 7.10. The van der Waals surface area contributed by atoms with Crippen LogP contribution in [-0.4, -0.2) is 28.4 Å². The molecule has 1 atom stereocenters. The summed E-state index contributed by atoms with van der Waals surface area (Å²) < 4.78 is 0. The molecule has 5 heteroatoms. The number of nitrogens with zero attached hydrogens (tertiary/aromatic N) is 1. The topological polar surface area (TPSA) is 57.6 Å². The number of hydrogen-bond donors (Lipinski definition) is 1. The Hall–Kier alpha value is -1.62. The quantitative estimate of drug-likeness (QED) is 0.862. The lowest BCUT2D eigenvalue weighted by atomic mass is 9.99. The summed E-state index contributed by atoms with van der Waals surface area (Å²) >= 11 is 1.56. The van der Waals surface area contributed by atoms with Gasteiger partial charge in [-0.3, -0.25) is 4.79 Å². The van der Waals surface area contributed by atoms with Gasteiger partial charge in [0.25, 0.3) is 0 Å². The second-order valence-corrected chi connectivity index (χ2v) is 5.77. The first-order valence-electron chi connectivity index (χ1n) is 6.34. The molecule has 1 N–H and O–H groups in total. The fraction of sp³-hybridized carbons (Fsp3) is 0.429. The van der Waals surface area contributed by atoms with Gasteiger partial charge in [0.05, 0.1) is 6.54 Å². The monoisotopic (exact) mass is 279 g/mol. The first-order valence-corrected chi connectivity index (χ1v) is 7.22. The number of hydrogen-bond acceptors (Lipinski definition) is 3. The van der Waals surface area contributed by atoms with Gasteiger partial charge in [0.2, 0.25) is 5.91 Å². The van der Waals surface area contributed by atoms with Crippen molar-refractivity contribution >= 4 is 29.3 Å². The second kappa shape index (κ2) is 6.02. The van der Waals surface area contributed by atoms with Crippen LogP contribution in [-0.2, 0) is 16.1 Å². The van der Waals surface area contributed by atoms with Crippen molar-refractivity contribution in [3.63, 3.8) is 0 Å². The van der Waals surface area contributed by atoms with E-state index >= 15 is 0 Å². The number of likely N-dealkylation sites (tertiary alicyclic amines) is 1. The van der Waals surface area contributed by atoms with Crippen LogP contribution in [0.15, 0.2) is 17.5 Å². The second-order valence-electron chi connectivity index (χ2n) is 4.77. The summed E-state index contributed by atoms with van der Waals surface area (Å²) in [5.74, 6) is -0.653. The first kappa shape index (κ1) is 13.8. The van der Waals surface area contributed by atoms with Crippen molar-refractivity contribution in [2.75, 3.05) is 6.54 Å². The average molecular weight is 279 g/mol. The fourth-order valence-electron chi connectivity index (χ4n) is 2.25. The van der Waals surface area contributed by atoms with Gasteiger partial charge in [-0.2, -0.15) is 0 Å². The molecule has 1 aliphatic rings. The van der Waals surface area contributed by atoms with E-state index in [0.29, 0.717) is 6.54 Å². The van der Waals surface area contributed by atoms with Crippen LogP contribution in [0.3, 0.4) is 0 Å². The molecule has 0 spiro atoms. The zero-order chi connectivity index (χ0) is 13.8. The Labute approximate surface area is 116 Å². The van der Waals surface area contributed by atoms with Crippen molar-refractivity contribution in [2.24, 2.45) is 5.92 Å². The number of carboxylic acid groups (broad SMARTS) is 1. The third kappa shape index (κ3) is 3.44. The Bertz CT molecular complexity index is 507. The van der Waals surface area contributed by atoms with Crippen molar-refractivity contribution in [3.8, 4) is 0 Å². The van der Waals surface area contributed by atoms with Crippen LogP contribution in [0.5, 0.6) is 0 Å². The molecule has 1 aromatic heterocycles. The van der Waals surface area contributed by atoms with Gasteiger partial charge in [-0.1, -0.05) is 6.92 Å². The van der Waals surface area contributed by atoms with Gasteiger partial charge in [-0.15, -0.1) is 11.3 Å². The Morgan fingerprint density at radius 3 is 3.16 bits per heavy atom. The Morgan fingerprint density at radius 2 is 2.42 bits per heavy atom. The van der Waals surface area contributed by atoms with Gasteiger partial charge in [0.15, 0.2) is 0 Å². The molecule has 0 radical (unpaired) electrons. The Kier molecular flexibility index (Phi) is 4.37. The van der Waals surface area contributed by atoms with Crippen LogP contribution in [0.4, 0.5) is 0 Å². The van der Waals surface area contributed by atoms with Gasteiger partial charge in [-0.25, -0.2) is 4.79 Å².